The van der Waals surface area contributed by atoms with Crippen molar-refractivity contribution in [1.82, 2.24) is 15.0 Å². The van der Waals surface area contributed by atoms with Gasteiger partial charge in [-0.1, -0.05) is 6.92 Å². The van der Waals surface area contributed by atoms with Gasteiger partial charge in [0.15, 0.2) is 0 Å². The first-order valence-corrected chi connectivity index (χ1v) is 7.75. The SMILES string of the molecule is CCc1c[nH]c2ncnc(N3CC(O)(c4cc(F)cc(F)c4)C3)c12. The summed E-state index contributed by atoms with van der Waals surface area (Å²) < 4.78 is 26.8. The average molecular weight is 330 g/mol. The molecule has 1 fully saturated rings. The molecule has 4 rings (SSSR count). The second-order valence-electron chi connectivity index (χ2n) is 6.13. The Labute approximate surface area is 137 Å². The molecule has 0 spiro atoms. The van der Waals surface area contributed by atoms with E-state index in [1.807, 2.05) is 18.0 Å². The van der Waals surface area contributed by atoms with Gasteiger partial charge in [0.05, 0.1) is 18.5 Å². The summed E-state index contributed by atoms with van der Waals surface area (Å²) in [6.07, 6.45) is 4.19. The monoisotopic (exact) mass is 330 g/mol. The van der Waals surface area contributed by atoms with E-state index >= 15 is 0 Å². The number of nitrogens with one attached hydrogen (secondary N) is 1. The van der Waals surface area contributed by atoms with Crippen LogP contribution in [0.1, 0.15) is 18.1 Å². The minimum Gasteiger partial charge on any atom is -0.381 e. The van der Waals surface area contributed by atoms with Crippen molar-refractivity contribution < 1.29 is 13.9 Å². The third kappa shape index (κ3) is 2.24. The molecule has 2 N–H and O–H groups in total. The molecule has 1 saturated heterocycles. The summed E-state index contributed by atoms with van der Waals surface area (Å²) in [7, 11) is 0. The van der Waals surface area contributed by atoms with Crippen molar-refractivity contribution in [3.8, 4) is 0 Å². The van der Waals surface area contributed by atoms with E-state index in [0.717, 1.165) is 34.9 Å². The number of hydrogen-bond donors (Lipinski definition) is 2. The van der Waals surface area contributed by atoms with E-state index in [-0.39, 0.29) is 18.7 Å². The van der Waals surface area contributed by atoms with Crippen LogP contribution in [0, 0.1) is 11.6 Å². The fraction of sp³-hybridized carbons (Fsp3) is 0.294. The first kappa shape index (κ1) is 15.0. The second-order valence-corrected chi connectivity index (χ2v) is 6.13. The molecule has 1 aliphatic rings. The number of nitrogens with zero attached hydrogens (tertiary/aromatic N) is 3. The van der Waals surface area contributed by atoms with Crippen LogP contribution < -0.4 is 4.90 Å². The molecule has 0 radical (unpaired) electrons. The van der Waals surface area contributed by atoms with Crippen molar-refractivity contribution in [1.29, 1.82) is 0 Å². The molecule has 3 aromatic rings. The molecule has 7 heteroatoms. The number of hydrogen-bond acceptors (Lipinski definition) is 4. The molecule has 0 saturated carbocycles. The zero-order valence-electron chi connectivity index (χ0n) is 13.1. The molecule has 24 heavy (non-hydrogen) atoms. The van der Waals surface area contributed by atoms with Gasteiger partial charge in [-0.15, -0.1) is 0 Å². The summed E-state index contributed by atoms with van der Waals surface area (Å²) in [5, 5.41) is 11.6. The van der Waals surface area contributed by atoms with Gasteiger partial charge in [-0.05, 0) is 29.7 Å². The molecule has 3 heterocycles. The maximum Gasteiger partial charge on any atom is 0.143 e. The van der Waals surface area contributed by atoms with Crippen LogP contribution in [0.2, 0.25) is 0 Å². The van der Waals surface area contributed by atoms with E-state index in [1.165, 1.54) is 18.5 Å². The molecule has 0 atom stereocenters. The number of β-amino-alcohol motifs (C(OH)–C–C–N with tert-alkyl or cyclic N) is 1. The number of aromatic amines is 1. The Morgan fingerprint density at radius 1 is 1.21 bits per heavy atom. The van der Waals surface area contributed by atoms with Crippen LogP contribution in [-0.2, 0) is 12.0 Å². The van der Waals surface area contributed by atoms with Crippen molar-refractivity contribution in [2.75, 3.05) is 18.0 Å². The van der Waals surface area contributed by atoms with E-state index in [0.29, 0.717) is 0 Å². The zero-order chi connectivity index (χ0) is 16.9. The molecular weight excluding hydrogens is 314 g/mol. The number of benzene rings is 1. The number of halogens is 2. The van der Waals surface area contributed by atoms with E-state index in [2.05, 4.69) is 15.0 Å². The number of fused-ring (bicyclic) bond motifs is 1. The van der Waals surface area contributed by atoms with Gasteiger partial charge < -0.3 is 15.0 Å². The number of aliphatic hydroxyl groups is 1. The minimum atomic E-state index is -1.29. The first-order valence-electron chi connectivity index (χ1n) is 7.75. The number of aromatic nitrogens is 3. The Morgan fingerprint density at radius 3 is 2.58 bits per heavy atom. The largest absolute Gasteiger partial charge is 0.381 e. The van der Waals surface area contributed by atoms with Gasteiger partial charge >= 0.3 is 0 Å². The summed E-state index contributed by atoms with van der Waals surface area (Å²) in [5.74, 6) is -0.667. The highest BCUT2D eigenvalue weighted by molar-refractivity contribution is 5.91. The predicted molar refractivity (Wildman–Crippen MR) is 85.7 cm³/mol. The van der Waals surface area contributed by atoms with E-state index in [9.17, 15) is 13.9 Å². The van der Waals surface area contributed by atoms with Gasteiger partial charge in [0, 0.05) is 12.3 Å². The van der Waals surface area contributed by atoms with E-state index < -0.39 is 17.2 Å². The molecule has 5 nitrogen and oxygen atoms in total. The molecule has 1 aliphatic heterocycles. The normalized spacial score (nSPS) is 16.4. The maximum atomic E-state index is 13.4. The van der Waals surface area contributed by atoms with Crippen molar-refractivity contribution in [3.63, 3.8) is 0 Å². The maximum absolute atomic E-state index is 13.4. The summed E-state index contributed by atoms with van der Waals surface area (Å²) in [6, 6.07) is 3.14. The van der Waals surface area contributed by atoms with Crippen LogP contribution in [0.15, 0.2) is 30.7 Å². The highest BCUT2D eigenvalue weighted by Crippen LogP contribution is 2.38. The molecule has 0 amide bonds. The Morgan fingerprint density at radius 2 is 1.92 bits per heavy atom. The lowest BCUT2D eigenvalue weighted by atomic mass is 9.85. The topological polar surface area (TPSA) is 65.0 Å². The molecule has 124 valence electrons. The fourth-order valence-corrected chi connectivity index (χ4v) is 3.27. The minimum absolute atomic E-state index is 0.219. The van der Waals surface area contributed by atoms with Gasteiger partial charge in [0.2, 0.25) is 0 Å². The van der Waals surface area contributed by atoms with E-state index in [1.54, 1.807) is 0 Å². The standard InChI is InChI=1S/C17H16F2N4O/c1-2-10-6-20-15-14(10)16(22-9-21-15)23-7-17(24,8-23)11-3-12(18)5-13(19)4-11/h3-6,9,24H,2,7-8H2,1H3,(H,20,21,22). The van der Waals surface area contributed by atoms with Gasteiger partial charge in [0.1, 0.15) is 35.0 Å². The summed E-state index contributed by atoms with van der Waals surface area (Å²) in [4.78, 5) is 13.6. The molecule has 0 unspecified atom stereocenters. The molecule has 2 aromatic heterocycles. The third-order valence-corrected chi connectivity index (χ3v) is 4.52. The second kappa shape index (κ2) is 5.24. The van der Waals surface area contributed by atoms with Crippen molar-refractivity contribution in [3.05, 3.63) is 53.5 Å². The highest BCUT2D eigenvalue weighted by atomic mass is 19.1. The lowest BCUT2D eigenvalue weighted by molar-refractivity contribution is 0.00667. The Balaban J connectivity index is 1.67. The van der Waals surface area contributed by atoms with Crippen LogP contribution in [0.5, 0.6) is 0 Å². The van der Waals surface area contributed by atoms with Crippen LogP contribution in [0.4, 0.5) is 14.6 Å². The smallest absolute Gasteiger partial charge is 0.143 e. The average Bonchev–Trinajstić information content (AvgIpc) is 2.94. The molecule has 0 aliphatic carbocycles. The van der Waals surface area contributed by atoms with Gasteiger partial charge in [-0.25, -0.2) is 18.7 Å². The predicted octanol–water partition coefficient (Wildman–Crippen LogP) is 2.51. The highest BCUT2D eigenvalue weighted by Gasteiger charge is 2.44. The number of rotatable bonds is 3. The zero-order valence-corrected chi connectivity index (χ0v) is 13.1. The van der Waals surface area contributed by atoms with Crippen LogP contribution >= 0.6 is 0 Å². The van der Waals surface area contributed by atoms with Gasteiger partial charge in [-0.2, -0.15) is 0 Å². The quantitative estimate of drug-likeness (QED) is 0.774. The third-order valence-electron chi connectivity index (χ3n) is 4.52. The van der Waals surface area contributed by atoms with Crippen LogP contribution in [-0.4, -0.2) is 33.1 Å². The molecular formula is C17H16F2N4O. The Bertz CT molecular complexity index is 898. The summed E-state index contributed by atoms with van der Waals surface area (Å²) >= 11 is 0. The Hall–Kier alpha value is -2.54. The Kier molecular flexibility index (Phi) is 3.28. The van der Waals surface area contributed by atoms with Crippen molar-refractivity contribution in [2.24, 2.45) is 0 Å². The van der Waals surface area contributed by atoms with Crippen molar-refractivity contribution >= 4 is 16.9 Å². The summed E-state index contributed by atoms with van der Waals surface area (Å²) in [5.41, 5.74) is 0.784. The lowest BCUT2D eigenvalue weighted by Crippen LogP contribution is -2.60. The summed E-state index contributed by atoms with van der Waals surface area (Å²) in [6.45, 7) is 2.48. The van der Waals surface area contributed by atoms with Gasteiger partial charge in [-0.3, -0.25) is 0 Å². The molecule has 1 aromatic carbocycles. The first-order chi connectivity index (χ1) is 11.5. The lowest BCUT2D eigenvalue weighted by Gasteiger charge is -2.47. The van der Waals surface area contributed by atoms with Crippen LogP contribution in [0.25, 0.3) is 11.0 Å². The number of H-pyrrole nitrogens is 1. The number of aryl methyl sites for hydroxylation is 1. The fourth-order valence-electron chi connectivity index (χ4n) is 3.27. The van der Waals surface area contributed by atoms with Crippen molar-refractivity contribution in [2.45, 2.75) is 18.9 Å². The van der Waals surface area contributed by atoms with Crippen LogP contribution in [0.3, 0.4) is 0 Å². The molecule has 0 bridgehead atoms. The van der Waals surface area contributed by atoms with E-state index in [4.69, 9.17) is 0 Å². The van der Waals surface area contributed by atoms with Gasteiger partial charge in [0.25, 0.3) is 0 Å². The number of anilines is 1.